The quantitative estimate of drug-likeness (QED) is 0.601. The second-order valence-electron chi connectivity index (χ2n) is 4.54. The summed E-state index contributed by atoms with van der Waals surface area (Å²) >= 11 is 5.76. The van der Waals surface area contributed by atoms with Crippen LogP contribution in [0.25, 0.3) is 0 Å². The van der Waals surface area contributed by atoms with Gasteiger partial charge < -0.3 is 0 Å². The van der Waals surface area contributed by atoms with Crippen molar-refractivity contribution in [3.05, 3.63) is 41.9 Å². The van der Waals surface area contributed by atoms with Gasteiger partial charge in [0, 0.05) is 10.4 Å². The summed E-state index contributed by atoms with van der Waals surface area (Å²) in [5, 5.41) is 27.0. The Morgan fingerprint density at radius 2 is 1.74 bits per heavy atom. The van der Waals surface area contributed by atoms with Gasteiger partial charge in [-0.3, -0.25) is 0 Å². The van der Waals surface area contributed by atoms with Crippen LogP contribution in [0.4, 0.5) is 5.69 Å². The minimum absolute atomic E-state index is 0.527. The summed E-state index contributed by atoms with van der Waals surface area (Å²) in [6.45, 7) is 7.07. The molecule has 0 atom stereocenters. The van der Waals surface area contributed by atoms with Gasteiger partial charge in [0.2, 0.25) is 0 Å². The van der Waals surface area contributed by atoms with Crippen molar-refractivity contribution in [3.8, 4) is 12.1 Å². The lowest BCUT2D eigenvalue weighted by Gasteiger charge is -2.28. The fourth-order valence-corrected chi connectivity index (χ4v) is 1.40. The van der Waals surface area contributed by atoms with Crippen molar-refractivity contribution in [3.63, 3.8) is 0 Å². The van der Waals surface area contributed by atoms with Gasteiger partial charge in [-0.1, -0.05) is 31.5 Å². The highest BCUT2D eigenvalue weighted by Gasteiger charge is 2.45. The molecule has 0 heterocycles. The standard InChI is InChI=1S/C14H13ClN4/c1-4-13(2,3)14(9-16,10-17)19-18-12-7-5-11(15)6-8-12/h4-8H,1H2,2-3H3. The SMILES string of the molecule is C=CC(C)(C)C(C#N)(C#N)N=Nc1ccc(Cl)cc1. The lowest BCUT2D eigenvalue weighted by molar-refractivity contribution is 0.351. The molecular formula is C14H13ClN4. The fourth-order valence-electron chi connectivity index (χ4n) is 1.27. The van der Waals surface area contributed by atoms with Gasteiger partial charge in [-0.25, -0.2) is 0 Å². The molecule has 0 bridgehead atoms. The molecule has 0 aliphatic carbocycles. The van der Waals surface area contributed by atoms with Gasteiger partial charge >= 0.3 is 0 Å². The van der Waals surface area contributed by atoms with Gasteiger partial charge in [0.25, 0.3) is 5.54 Å². The molecule has 0 spiro atoms. The van der Waals surface area contributed by atoms with Crippen molar-refractivity contribution in [1.29, 1.82) is 10.5 Å². The smallest absolute Gasteiger partial charge is 0.194 e. The summed E-state index contributed by atoms with van der Waals surface area (Å²) in [6.07, 6.45) is 1.53. The summed E-state index contributed by atoms with van der Waals surface area (Å²) in [5.41, 5.74) is -1.89. The van der Waals surface area contributed by atoms with Crippen LogP contribution in [-0.2, 0) is 0 Å². The normalized spacial score (nSPS) is 11.8. The second kappa shape index (κ2) is 5.65. The highest BCUT2D eigenvalue weighted by atomic mass is 35.5. The molecule has 0 fully saturated rings. The number of rotatable bonds is 4. The van der Waals surface area contributed by atoms with Crippen LogP contribution in [0.15, 0.2) is 47.1 Å². The molecule has 0 aliphatic heterocycles. The monoisotopic (exact) mass is 272 g/mol. The van der Waals surface area contributed by atoms with E-state index < -0.39 is 11.0 Å². The van der Waals surface area contributed by atoms with E-state index >= 15 is 0 Å². The largest absolute Gasteiger partial charge is 0.260 e. The summed E-state index contributed by atoms with van der Waals surface area (Å²) in [5.74, 6) is 0. The third kappa shape index (κ3) is 2.99. The minimum Gasteiger partial charge on any atom is -0.194 e. The Balaban J connectivity index is 3.18. The predicted molar refractivity (Wildman–Crippen MR) is 73.9 cm³/mol. The highest BCUT2D eigenvalue weighted by Crippen LogP contribution is 2.35. The van der Waals surface area contributed by atoms with Crippen LogP contribution in [0.5, 0.6) is 0 Å². The number of benzene rings is 1. The molecule has 0 amide bonds. The van der Waals surface area contributed by atoms with E-state index in [0.717, 1.165) is 0 Å². The van der Waals surface area contributed by atoms with E-state index in [4.69, 9.17) is 11.6 Å². The van der Waals surface area contributed by atoms with E-state index in [2.05, 4.69) is 16.8 Å². The van der Waals surface area contributed by atoms with E-state index in [1.165, 1.54) is 6.08 Å². The molecule has 19 heavy (non-hydrogen) atoms. The maximum atomic E-state index is 9.27. The summed E-state index contributed by atoms with van der Waals surface area (Å²) in [4.78, 5) is 0. The van der Waals surface area contributed by atoms with Gasteiger partial charge in [-0.2, -0.15) is 15.6 Å². The average molecular weight is 273 g/mol. The van der Waals surface area contributed by atoms with E-state index in [1.807, 2.05) is 12.1 Å². The Morgan fingerprint density at radius 1 is 1.21 bits per heavy atom. The minimum atomic E-state index is -1.60. The van der Waals surface area contributed by atoms with Crippen LogP contribution in [0.2, 0.25) is 5.02 Å². The fraction of sp³-hybridized carbons (Fsp3) is 0.286. The number of azo groups is 1. The molecule has 0 saturated carbocycles. The van der Waals surface area contributed by atoms with Crippen LogP contribution >= 0.6 is 11.6 Å². The van der Waals surface area contributed by atoms with E-state index in [-0.39, 0.29) is 0 Å². The van der Waals surface area contributed by atoms with Gasteiger partial charge in [0.05, 0.1) is 5.69 Å². The average Bonchev–Trinajstić information content (AvgIpc) is 2.42. The predicted octanol–water partition coefficient (Wildman–Crippen LogP) is 4.42. The van der Waals surface area contributed by atoms with E-state index in [0.29, 0.717) is 10.7 Å². The van der Waals surface area contributed by atoms with Crippen LogP contribution < -0.4 is 0 Å². The Labute approximate surface area is 117 Å². The molecule has 1 aromatic carbocycles. The first-order valence-corrected chi connectivity index (χ1v) is 5.93. The Kier molecular flexibility index (Phi) is 4.43. The first-order chi connectivity index (χ1) is 8.90. The number of hydrogen-bond donors (Lipinski definition) is 0. The van der Waals surface area contributed by atoms with Crippen molar-refractivity contribution < 1.29 is 0 Å². The van der Waals surface area contributed by atoms with Gasteiger partial charge in [0.1, 0.15) is 12.1 Å². The molecule has 0 saturated heterocycles. The topological polar surface area (TPSA) is 72.3 Å². The summed E-state index contributed by atoms with van der Waals surface area (Å²) in [6, 6.07) is 10.5. The maximum Gasteiger partial charge on any atom is 0.260 e. The zero-order valence-electron chi connectivity index (χ0n) is 10.8. The molecule has 96 valence electrons. The zero-order valence-corrected chi connectivity index (χ0v) is 11.5. The molecule has 0 N–H and O–H groups in total. The van der Waals surface area contributed by atoms with E-state index in [9.17, 15) is 10.5 Å². The van der Waals surface area contributed by atoms with Gasteiger partial charge in [-0.15, -0.1) is 11.7 Å². The molecule has 1 aromatic rings. The van der Waals surface area contributed by atoms with Crippen molar-refractivity contribution in [2.75, 3.05) is 0 Å². The molecular weight excluding hydrogens is 260 g/mol. The number of hydrogen-bond acceptors (Lipinski definition) is 4. The second-order valence-corrected chi connectivity index (χ2v) is 4.97. The molecule has 0 aromatic heterocycles. The van der Waals surface area contributed by atoms with Gasteiger partial charge in [-0.05, 0) is 24.3 Å². The first-order valence-electron chi connectivity index (χ1n) is 5.55. The Hall–Kier alpha value is -2.17. The summed E-state index contributed by atoms with van der Waals surface area (Å²) < 4.78 is 0. The van der Waals surface area contributed by atoms with Gasteiger partial charge in [0.15, 0.2) is 0 Å². The van der Waals surface area contributed by atoms with Crippen LogP contribution in [0, 0.1) is 28.1 Å². The molecule has 1 rings (SSSR count). The molecule has 5 heteroatoms. The summed E-state index contributed by atoms with van der Waals surface area (Å²) in [7, 11) is 0. The molecule has 4 nitrogen and oxygen atoms in total. The number of nitriles is 2. The lowest BCUT2D eigenvalue weighted by Crippen LogP contribution is -2.38. The van der Waals surface area contributed by atoms with Crippen LogP contribution in [0.1, 0.15) is 13.8 Å². The van der Waals surface area contributed by atoms with Crippen LogP contribution in [-0.4, -0.2) is 5.54 Å². The van der Waals surface area contributed by atoms with Crippen molar-refractivity contribution in [1.82, 2.24) is 0 Å². The van der Waals surface area contributed by atoms with E-state index in [1.54, 1.807) is 38.1 Å². The van der Waals surface area contributed by atoms with Crippen molar-refractivity contribution >= 4 is 17.3 Å². The third-order valence-electron chi connectivity index (χ3n) is 2.91. The Bertz CT molecular complexity index is 559. The number of halogens is 1. The third-order valence-corrected chi connectivity index (χ3v) is 3.16. The van der Waals surface area contributed by atoms with Crippen molar-refractivity contribution in [2.24, 2.45) is 15.6 Å². The highest BCUT2D eigenvalue weighted by molar-refractivity contribution is 6.30. The Morgan fingerprint density at radius 3 is 2.16 bits per heavy atom. The molecule has 0 radical (unpaired) electrons. The molecule has 0 unspecified atom stereocenters. The van der Waals surface area contributed by atoms with Crippen LogP contribution in [0.3, 0.4) is 0 Å². The zero-order chi connectivity index (χ0) is 14.5. The lowest BCUT2D eigenvalue weighted by atomic mass is 9.74. The molecule has 0 aliphatic rings. The first kappa shape index (κ1) is 14.9. The number of nitrogens with zero attached hydrogens (tertiary/aromatic N) is 4. The van der Waals surface area contributed by atoms with Crippen molar-refractivity contribution in [2.45, 2.75) is 19.4 Å². The maximum absolute atomic E-state index is 9.27.